The molecule has 2 unspecified atom stereocenters. The summed E-state index contributed by atoms with van der Waals surface area (Å²) in [5.74, 6) is -1.24. The second-order valence-corrected chi connectivity index (χ2v) is 8.24. The van der Waals surface area contributed by atoms with Gasteiger partial charge in [0.05, 0.1) is 22.1 Å². The lowest BCUT2D eigenvalue weighted by molar-refractivity contribution is -0.137. The average molecular weight is 398 g/mol. The van der Waals surface area contributed by atoms with Gasteiger partial charge in [0.15, 0.2) is 0 Å². The number of hydrogen-bond donors (Lipinski definition) is 1. The highest BCUT2D eigenvalue weighted by Crippen LogP contribution is 2.41. The van der Waals surface area contributed by atoms with Crippen LogP contribution in [0.15, 0.2) is 53.4 Å². The standard InChI is InChI=1S/C18H17F3N2O3S/c1-11-9-15(17(22)24)14-7-2-3-8-16(14)23(11)27(25,26)13-6-4-5-12(10-13)18(19,20)21/h2-8,10-11,15H,9H2,1H3,(H2,22,24). The Balaban J connectivity index is 2.15. The number of halogens is 3. The van der Waals surface area contributed by atoms with Gasteiger partial charge in [0.2, 0.25) is 5.91 Å². The molecule has 0 saturated heterocycles. The van der Waals surface area contributed by atoms with Gasteiger partial charge in [0.25, 0.3) is 10.0 Å². The highest BCUT2D eigenvalue weighted by molar-refractivity contribution is 7.92. The van der Waals surface area contributed by atoms with Crippen LogP contribution in [0.3, 0.4) is 0 Å². The fourth-order valence-electron chi connectivity index (χ4n) is 3.37. The van der Waals surface area contributed by atoms with Crippen LogP contribution in [0.25, 0.3) is 0 Å². The lowest BCUT2D eigenvalue weighted by Gasteiger charge is -2.38. The van der Waals surface area contributed by atoms with Crippen molar-refractivity contribution in [1.82, 2.24) is 0 Å². The van der Waals surface area contributed by atoms with E-state index in [-0.39, 0.29) is 12.1 Å². The fourth-order valence-corrected chi connectivity index (χ4v) is 5.11. The van der Waals surface area contributed by atoms with Gasteiger partial charge in [-0.3, -0.25) is 9.10 Å². The van der Waals surface area contributed by atoms with Crippen LogP contribution in [0.5, 0.6) is 0 Å². The molecule has 1 amide bonds. The molecule has 3 rings (SSSR count). The number of hydrogen-bond acceptors (Lipinski definition) is 3. The van der Waals surface area contributed by atoms with E-state index >= 15 is 0 Å². The van der Waals surface area contributed by atoms with Crippen LogP contribution in [-0.4, -0.2) is 20.4 Å². The first-order chi connectivity index (χ1) is 12.5. The van der Waals surface area contributed by atoms with Crippen molar-refractivity contribution in [2.75, 3.05) is 4.31 Å². The molecule has 0 aromatic heterocycles. The van der Waals surface area contributed by atoms with Gasteiger partial charge < -0.3 is 5.73 Å². The maximum atomic E-state index is 13.2. The van der Waals surface area contributed by atoms with Crippen LogP contribution in [0.4, 0.5) is 18.9 Å². The number of fused-ring (bicyclic) bond motifs is 1. The molecule has 0 radical (unpaired) electrons. The summed E-state index contributed by atoms with van der Waals surface area (Å²) in [5, 5.41) is 0. The van der Waals surface area contributed by atoms with Gasteiger partial charge in [0.1, 0.15) is 0 Å². The lowest BCUT2D eigenvalue weighted by atomic mass is 9.87. The number of amides is 1. The average Bonchev–Trinajstić information content (AvgIpc) is 2.60. The molecule has 2 atom stereocenters. The smallest absolute Gasteiger partial charge is 0.369 e. The molecular weight excluding hydrogens is 381 g/mol. The SMILES string of the molecule is CC1CC(C(N)=O)c2ccccc2N1S(=O)(=O)c1cccc(C(F)(F)F)c1. The van der Waals surface area contributed by atoms with Crippen molar-refractivity contribution in [3.05, 3.63) is 59.7 Å². The van der Waals surface area contributed by atoms with Crippen LogP contribution in [0.1, 0.15) is 30.4 Å². The van der Waals surface area contributed by atoms with Crippen molar-refractivity contribution in [2.45, 2.75) is 36.4 Å². The summed E-state index contributed by atoms with van der Waals surface area (Å²) >= 11 is 0. The van der Waals surface area contributed by atoms with Crippen LogP contribution in [0, 0.1) is 0 Å². The topological polar surface area (TPSA) is 80.5 Å². The zero-order chi connectivity index (χ0) is 20.0. The number of benzene rings is 2. The normalized spacial score (nSPS) is 20.2. The lowest BCUT2D eigenvalue weighted by Crippen LogP contribution is -2.45. The number of carbonyl (C=O) groups excluding carboxylic acids is 1. The maximum absolute atomic E-state index is 13.2. The predicted molar refractivity (Wildman–Crippen MR) is 93.6 cm³/mol. The summed E-state index contributed by atoms with van der Waals surface area (Å²) in [6.45, 7) is 1.59. The molecule has 144 valence electrons. The van der Waals surface area contributed by atoms with Gasteiger partial charge in [0, 0.05) is 6.04 Å². The van der Waals surface area contributed by atoms with Gasteiger partial charge in [-0.05, 0) is 43.2 Å². The number of primary amides is 1. The summed E-state index contributed by atoms with van der Waals surface area (Å²) < 4.78 is 66.4. The summed E-state index contributed by atoms with van der Waals surface area (Å²) in [7, 11) is -4.28. The van der Waals surface area contributed by atoms with Crippen LogP contribution >= 0.6 is 0 Å². The van der Waals surface area contributed by atoms with E-state index in [2.05, 4.69) is 0 Å². The molecule has 0 bridgehead atoms. The number of nitrogens with two attached hydrogens (primary N) is 1. The second kappa shape index (κ2) is 6.56. The first kappa shape index (κ1) is 19.2. The molecule has 5 nitrogen and oxygen atoms in total. The second-order valence-electron chi connectivity index (χ2n) is 6.42. The maximum Gasteiger partial charge on any atom is 0.416 e. The molecule has 0 spiro atoms. The highest BCUT2D eigenvalue weighted by Gasteiger charge is 2.40. The number of para-hydroxylation sites is 1. The molecule has 0 fully saturated rings. The largest absolute Gasteiger partial charge is 0.416 e. The van der Waals surface area contributed by atoms with Crippen LogP contribution in [0.2, 0.25) is 0 Å². The molecule has 0 aliphatic carbocycles. The Morgan fingerprint density at radius 2 is 1.81 bits per heavy atom. The summed E-state index contributed by atoms with van der Waals surface area (Å²) in [6, 6.07) is 9.33. The van der Waals surface area contributed by atoms with Gasteiger partial charge in [-0.25, -0.2) is 8.42 Å². The van der Waals surface area contributed by atoms with Crippen molar-refractivity contribution in [1.29, 1.82) is 0 Å². The van der Waals surface area contributed by atoms with Crippen molar-refractivity contribution in [3.63, 3.8) is 0 Å². The number of alkyl halides is 3. The van der Waals surface area contributed by atoms with E-state index in [9.17, 15) is 26.4 Å². The molecule has 2 aromatic carbocycles. The number of rotatable bonds is 3. The Hall–Kier alpha value is -2.55. The van der Waals surface area contributed by atoms with E-state index in [0.29, 0.717) is 11.6 Å². The zero-order valence-corrected chi connectivity index (χ0v) is 15.1. The van der Waals surface area contributed by atoms with Gasteiger partial charge >= 0.3 is 6.18 Å². The number of nitrogens with zero attached hydrogens (tertiary/aromatic N) is 1. The molecule has 2 N–H and O–H groups in total. The molecule has 1 heterocycles. The Kier molecular flexibility index (Phi) is 4.67. The van der Waals surface area contributed by atoms with Gasteiger partial charge in [-0.15, -0.1) is 0 Å². The number of carbonyl (C=O) groups is 1. The van der Waals surface area contributed by atoms with E-state index < -0.39 is 44.5 Å². The van der Waals surface area contributed by atoms with E-state index in [1.54, 1.807) is 25.1 Å². The van der Waals surface area contributed by atoms with Crippen molar-refractivity contribution in [2.24, 2.45) is 5.73 Å². The third-order valence-electron chi connectivity index (χ3n) is 4.59. The highest BCUT2D eigenvalue weighted by atomic mass is 32.2. The monoisotopic (exact) mass is 398 g/mol. The minimum absolute atomic E-state index is 0.143. The molecule has 0 saturated carbocycles. The number of anilines is 1. The molecular formula is C18H17F3N2O3S. The van der Waals surface area contributed by atoms with Crippen molar-refractivity contribution < 1.29 is 26.4 Å². The van der Waals surface area contributed by atoms with Gasteiger partial charge in [-0.1, -0.05) is 24.3 Å². The van der Waals surface area contributed by atoms with Crippen molar-refractivity contribution >= 4 is 21.6 Å². The molecule has 1 aliphatic heterocycles. The van der Waals surface area contributed by atoms with Crippen LogP contribution in [-0.2, 0) is 21.0 Å². The minimum Gasteiger partial charge on any atom is -0.369 e. The quantitative estimate of drug-likeness (QED) is 0.862. The molecule has 9 heteroatoms. The summed E-state index contributed by atoms with van der Waals surface area (Å²) in [4.78, 5) is 11.3. The third-order valence-corrected chi connectivity index (χ3v) is 6.51. The third kappa shape index (κ3) is 3.39. The summed E-state index contributed by atoms with van der Waals surface area (Å²) in [6.07, 6.45) is -4.52. The zero-order valence-electron chi connectivity index (χ0n) is 14.3. The van der Waals surface area contributed by atoms with E-state index in [4.69, 9.17) is 5.73 Å². The van der Waals surface area contributed by atoms with Crippen molar-refractivity contribution in [3.8, 4) is 0 Å². The van der Waals surface area contributed by atoms with E-state index in [1.807, 2.05) is 0 Å². The predicted octanol–water partition coefficient (Wildman–Crippen LogP) is 3.26. The molecule has 27 heavy (non-hydrogen) atoms. The van der Waals surface area contributed by atoms with E-state index in [0.717, 1.165) is 22.5 Å². The molecule has 1 aliphatic rings. The van der Waals surface area contributed by atoms with Gasteiger partial charge in [-0.2, -0.15) is 13.2 Å². The Bertz CT molecular complexity index is 989. The van der Waals surface area contributed by atoms with E-state index in [1.165, 1.54) is 6.07 Å². The minimum atomic E-state index is -4.66. The Morgan fingerprint density at radius 3 is 2.44 bits per heavy atom. The Morgan fingerprint density at radius 1 is 1.15 bits per heavy atom. The Labute approximate surface area is 154 Å². The first-order valence-corrected chi connectivity index (χ1v) is 9.57. The number of sulfonamides is 1. The summed E-state index contributed by atoms with van der Waals surface area (Å²) in [5.41, 5.74) is 5.09. The molecule has 2 aromatic rings. The van der Waals surface area contributed by atoms with Crippen LogP contribution < -0.4 is 10.0 Å². The fraction of sp³-hybridized carbons (Fsp3) is 0.278. The first-order valence-electron chi connectivity index (χ1n) is 8.13.